The molecule has 5 nitrogen and oxygen atoms in total. The molecule has 0 rings (SSSR count). The Balaban J connectivity index is 4.09. The van der Waals surface area contributed by atoms with Crippen molar-refractivity contribution in [1.82, 2.24) is 10.6 Å². The van der Waals surface area contributed by atoms with Crippen LogP contribution in [0.15, 0.2) is 12.7 Å². The molecule has 0 unspecified atom stereocenters. The Bertz CT molecular complexity index is 226. The molecule has 0 saturated heterocycles. The van der Waals surface area contributed by atoms with E-state index in [1.807, 2.05) is 0 Å². The third-order valence-corrected chi connectivity index (χ3v) is 1.61. The van der Waals surface area contributed by atoms with Gasteiger partial charge in [0.05, 0.1) is 12.0 Å². The standard InChI is InChI=1S/C9H16N2O3/c1-4-5-10-9(14)11-7(6(2)3)8(12)13/h4,6-7H,1,5H2,2-3H3,(H,12,13)(H2,10,11,14)/p-1/t7-/m0/s1. The number of carboxylic acid groups (broad SMARTS) is 1. The van der Waals surface area contributed by atoms with Gasteiger partial charge >= 0.3 is 6.03 Å². The zero-order valence-electron chi connectivity index (χ0n) is 8.37. The molecule has 0 aliphatic heterocycles. The van der Waals surface area contributed by atoms with E-state index in [1.54, 1.807) is 13.8 Å². The first-order valence-corrected chi connectivity index (χ1v) is 4.35. The second-order valence-corrected chi connectivity index (χ2v) is 3.18. The van der Waals surface area contributed by atoms with Crippen LogP contribution in [0, 0.1) is 5.92 Å². The maximum Gasteiger partial charge on any atom is 0.315 e. The summed E-state index contributed by atoms with van der Waals surface area (Å²) >= 11 is 0. The van der Waals surface area contributed by atoms with E-state index in [9.17, 15) is 14.7 Å². The van der Waals surface area contributed by atoms with Crippen molar-refractivity contribution in [2.75, 3.05) is 6.54 Å². The maximum absolute atomic E-state index is 11.1. The number of rotatable bonds is 5. The highest BCUT2D eigenvalue weighted by Crippen LogP contribution is 1.99. The van der Waals surface area contributed by atoms with Gasteiger partial charge in [0.25, 0.3) is 0 Å². The predicted molar refractivity (Wildman–Crippen MR) is 50.4 cm³/mol. The zero-order chi connectivity index (χ0) is 11.1. The fourth-order valence-electron chi connectivity index (χ4n) is 0.855. The highest BCUT2D eigenvalue weighted by Gasteiger charge is 2.16. The molecule has 0 aliphatic carbocycles. The minimum Gasteiger partial charge on any atom is -0.548 e. The van der Waals surface area contributed by atoms with E-state index in [0.717, 1.165) is 0 Å². The summed E-state index contributed by atoms with van der Waals surface area (Å²) in [6.07, 6.45) is 1.50. The molecule has 5 heteroatoms. The summed E-state index contributed by atoms with van der Waals surface area (Å²) in [5, 5.41) is 15.3. The van der Waals surface area contributed by atoms with E-state index in [2.05, 4.69) is 17.2 Å². The highest BCUT2D eigenvalue weighted by atomic mass is 16.4. The number of hydrogen-bond acceptors (Lipinski definition) is 3. The van der Waals surface area contributed by atoms with Crippen LogP contribution in [0.4, 0.5) is 4.79 Å². The largest absolute Gasteiger partial charge is 0.548 e. The normalized spacial score (nSPS) is 11.9. The fraction of sp³-hybridized carbons (Fsp3) is 0.556. The van der Waals surface area contributed by atoms with Crippen molar-refractivity contribution in [3.8, 4) is 0 Å². The van der Waals surface area contributed by atoms with Gasteiger partial charge in [0.2, 0.25) is 0 Å². The molecule has 1 atom stereocenters. The van der Waals surface area contributed by atoms with Crippen LogP contribution in [-0.4, -0.2) is 24.6 Å². The van der Waals surface area contributed by atoms with Crippen LogP contribution in [0.1, 0.15) is 13.8 Å². The van der Waals surface area contributed by atoms with Gasteiger partial charge in [-0.1, -0.05) is 19.9 Å². The minimum absolute atomic E-state index is 0.213. The van der Waals surface area contributed by atoms with Crippen LogP contribution in [0.2, 0.25) is 0 Å². The molecule has 0 aromatic heterocycles. The van der Waals surface area contributed by atoms with E-state index in [1.165, 1.54) is 6.08 Å². The quantitative estimate of drug-likeness (QED) is 0.571. The lowest BCUT2D eigenvalue weighted by Gasteiger charge is -2.23. The van der Waals surface area contributed by atoms with Crippen molar-refractivity contribution in [2.24, 2.45) is 5.92 Å². The van der Waals surface area contributed by atoms with Crippen molar-refractivity contribution < 1.29 is 14.7 Å². The monoisotopic (exact) mass is 199 g/mol. The summed E-state index contributed by atoms with van der Waals surface area (Å²) in [5.74, 6) is -1.50. The lowest BCUT2D eigenvalue weighted by molar-refractivity contribution is -0.309. The van der Waals surface area contributed by atoms with Gasteiger partial charge in [0.1, 0.15) is 0 Å². The number of carbonyl (C=O) groups excluding carboxylic acids is 2. The zero-order valence-corrected chi connectivity index (χ0v) is 8.37. The first-order valence-electron chi connectivity index (χ1n) is 4.35. The Morgan fingerprint density at radius 3 is 2.43 bits per heavy atom. The molecule has 2 N–H and O–H groups in total. The average Bonchev–Trinajstić information content (AvgIpc) is 2.09. The molecule has 0 heterocycles. The average molecular weight is 199 g/mol. The summed E-state index contributed by atoms with van der Waals surface area (Å²) < 4.78 is 0. The third-order valence-electron chi connectivity index (χ3n) is 1.61. The number of hydrogen-bond donors (Lipinski definition) is 2. The molecule has 0 aromatic rings. The molecule has 0 aromatic carbocycles. The van der Waals surface area contributed by atoms with Gasteiger partial charge in [0.15, 0.2) is 0 Å². The fourth-order valence-corrected chi connectivity index (χ4v) is 0.855. The molecule has 2 amide bonds. The highest BCUT2D eigenvalue weighted by molar-refractivity contribution is 5.81. The Hall–Kier alpha value is -1.52. The smallest absolute Gasteiger partial charge is 0.315 e. The number of urea groups is 1. The van der Waals surface area contributed by atoms with E-state index < -0.39 is 18.0 Å². The second-order valence-electron chi connectivity index (χ2n) is 3.18. The molecule has 0 spiro atoms. The van der Waals surface area contributed by atoms with E-state index in [0.29, 0.717) is 6.54 Å². The van der Waals surface area contributed by atoms with Crippen LogP contribution >= 0.6 is 0 Å². The van der Waals surface area contributed by atoms with Gasteiger partial charge in [-0.2, -0.15) is 0 Å². The van der Waals surface area contributed by atoms with Gasteiger partial charge in [0, 0.05) is 6.54 Å². The van der Waals surface area contributed by atoms with Crippen molar-refractivity contribution in [2.45, 2.75) is 19.9 Å². The number of amides is 2. The summed E-state index contributed by atoms with van der Waals surface area (Å²) in [5.41, 5.74) is 0. The van der Waals surface area contributed by atoms with Gasteiger partial charge in [-0.25, -0.2) is 4.79 Å². The first-order chi connectivity index (χ1) is 6.49. The lowest BCUT2D eigenvalue weighted by atomic mass is 10.1. The Morgan fingerprint density at radius 2 is 2.07 bits per heavy atom. The van der Waals surface area contributed by atoms with Crippen molar-refractivity contribution >= 4 is 12.0 Å². The van der Waals surface area contributed by atoms with Gasteiger partial charge < -0.3 is 20.5 Å². The number of carbonyl (C=O) groups is 2. The Kier molecular flexibility index (Phi) is 5.36. The maximum atomic E-state index is 11.1. The molecule has 0 aliphatic rings. The molecule has 0 saturated carbocycles. The summed E-state index contributed by atoms with van der Waals surface area (Å²) in [4.78, 5) is 21.6. The number of nitrogens with one attached hydrogen (secondary N) is 2. The van der Waals surface area contributed by atoms with Crippen LogP contribution < -0.4 is 15.7 Å². The molecular formula is C9H15N2O3-. The van der Waals surface area contributed by atoms with Crippen LogP contribution in [0.25, 0.3) is 0 Å². The summed E-state index contributed by atoms with van der Waals surface area (Å²) in [7, 11) is 0. The molecule has 0 bridgehead atoms. The van der Waals surface area contributed by atoms with Gasteiger partial charge in [-0.15, -0.1) is 6.58 Å². The topological polar surface area (TPSA) is 81.3 Å². The van der Waals surface area contributed by atoms with E-state index in [-0.39, 0.29) is 5.92 Å². The molecule has 14 heavy (non-hydrogen) atoms. The van der Waals surface area contributed by atoms with Crippen LogP contribution in [0.5, 0.6) is 0 Å². The first kappa shape index (κ1) is 12.5. The van der Waals surface area contributed by atoms with Crippen molar-refractivity contribution in [3.63, 3.8) is 0 Å². The summed E-state index contributed by atoms with van der Waals surface area (Å²) in [6, 6.07) is -1.51. The summed E-state index contributed by atoms with van der Waals surface area (Å²) in [6.45, 7) is 7.08. The van der Waals surface area contributed by atoms with E-state index >= 15 is 0 Å². The number of carboxylic acids is 1. The van der Waals surface area contributed by atoms with Crippen molar-refractivity contribution in [1.29, 1.82) is 0 Å². The van der Waals surface area contributed by atoms with Crippen molar-refractivity contribution in [3.05, 3.63) is 12.7 Å². The number of aliphatic carboxylic acids is 1. The molecule has 0 radical (unpaired) electrons. The van der Waals surface area contributed by atoms with Gasteiger partial charge in [-0.3, -0.25) is 0 Å². The Labute approximate surface area is 83.2 Å². The SMILES string of the molecule is C=CCNC(=O)N[C@H](C(=O)[O-])C(C)C. The van der Waals surface area contributed by atoms with Crippen LogP contribution in [-0.2, 0) is 4.79 Å². The lowest BCUT2D eigenvalue weighted by Crippen LogP contribution is -2.53. The second kappa shape index (κ2) is 6.01. The minimum atomic E-state index is -1.28. The molecule has 80 valence electrons. The predicted octanol–water partition coefficient (Wildman–Crippen LogP) is -0.754. The third kappa shape index (κ3) is 4.49. The molecular weight excluding hydrogens is 184 g/mol. The Morgan fingerprint density at radius 1 is 1.50 bits per heavy atom. The molecule has 0 fully saturated rings. The van der Waals surface area contributed by atoms with Gasteiger partial charge in [-0.05, 0) is 5.92 Å². The van der Waals surface area contributed by atoms with E-state index in [4.69, 9.17) is 0 Å². The van der Waals surface area contributed by atoms with Crippen LogP contribution in [0.3, 0.4) is 0 Å².